The van der Waals surface area contributed by atoms with Crippen molar-refractivity contribution in [2.75, 3.05) is 39.3 Å². The van der Waals surface area contributed by atoms with Crippen LogP contribution in [-0.2, 0) is 9.53 Å². The summed E-state index contributed by atoms with van der Waals surface area (Å²) in [5.41, 5.74) is 4.09. The summed E-state index contributed by atoms with van der Waals surface area (Å²) in [7, 11) is 3.15. The van der Waals surface area contributed by atoms with Gasteiger partial charge in [0.25, 0.3) is 5.91 Å². The topological polar surface area (TPSA) is 72.1 Å². The molecule has 1 heterocycles. The van der Waals surface area contributed by atoms with Crippen molar-refractivity contribution in [2.24, 2.45) is 0 Å². The van der Waals surface area contributed by atoms with E-state index in [1.54, 1.807) is 32.4 Å². The van der Waals surface area contributed by atoms with Crippen molar-refractivity contribution in [1.29, 1.82) is 0 Å². The first-order valence-corrected chi connectivity index (χ1v) is 11.8. The van der Waals surface area contributed by atoms with Gasteiger partial charge in [0.2, 0.25) is 0 Å². The first-order chi connectivity index (χ1) is 16.4. The molecule has 0 saturated carbocycles. The molecule has 0 aromatic heterocycles. The fourth-order valence-electron chi connectivity index (χ4n) is 3.91. The summed E-state index contributed by atoms with van der Waals surface area (Å²) in [6.07, 6.45) is 0.795. The molecule has 7 nitrogen and oxygen atoms in total. The molecule has 8 heteroatoms. The summed E-state index contributed by atoms with van der Waals surface area (Å²) in [6, 6.07) is 13.0. The summed E-state index contributed by atoms with van der Waals surface area (Å²) in [6.45, 7) is 7.91. The van der Waals surface area contributed by atoms with Gasteiger partial charge >= 0.3 is 0 Å². The minimum absolute atomic E-state index is 0.226. The molecular weight excluding hydrogens is 450 g/mol. The van der Waals surface area contributed by atoms with Crippen LogP contribution in [0, 0.1) is 6.92 Å². The number of methoxy groups -OCH3 is 2. The van der Waals surface area contributed by atoms with Crippen LogP contribution in [0.15, 0.2) is 53.7 Å². The first-order valence-electron chi connectivity index (χ1n) is 11.4. The number of anilines is 1. The normalized spacial score (nSPS) is 15.7. The van der Waals surface area contributed by atoms with Crippen LogP contribution in [0.4, 0.5) is 5.69 Å². The lowest BCUT2D eigenvalue weighted by Crippen LogP contribution is -2.48. The van der Waals surface area contributed by atoms with E-state index in [1.807, 2.05) is 49.9 Å². The van der Waals surface area contributed by atoms with Crippen LogP contribution in [0.2, 0.25) is 0 Å². The van der Waals surface area contributed by atoms with Crippen molar-refractivity contribution in [3.63, 3.8) is 0 Å². The number of hydrogen-bond donors (Lipinski definition) is 2. The molecule has 0 saturated heterocycles. The van der Waals surface area contributed by atoms with Gasteiger partial charge in [-0.05, 0) is 57.1 Å². The summed E-state index contributed by atoms with van der Waals surface area (Å²) in [4.78, 5) is 15.7. The molecule has 2 aromatic rings. The van der Waals surface area contributed by atoms with E-state index in [0.29, 0.717) is 47.6 Å². The maximum absolute atomic E-state index is 13.7. The summed E-state index contributed by atoms with van der Waals surface area (Å²) >= 11 is 5.70. The van der Waals surface area contributed by atoms with Gasteiger partial charge in [-0.3, -0.25) is 4.79 Å². The van der Waals surface area contributed by atoms with Crippen molar-refractivity contribution in [2.45, 2.75) is 33.2 Å². The Morgan fingerprint density at radius 2 is 1.85 bits per heavy atom. The van der Waals surface area contributed by atoms with Gasteiger partial charge in [0.05, 0.1) is 31.5 Å². The second-order valence-corrected chi connectivity index (χ2v) is 8.40. The first kappa shape index (κ1) is 25.5. The maximum Gasteiger partial charge on any atom is 0.255 e. The molecule has 1 unspecified atom stereocenters. The highest BCUT2D eigenvalue weighted by Gasteiger charge is 2.34. The molecule has 0 aliphatic carbocycles. The standard InChI is InChI=1S/C26H33N3O4S/c1-6-33-15-7-14-29-18(3)23(24(28-26(29)34)19-10-8-17(2)9-11-19)25(30)27-21-13-12-20(31-4)16-22(21)32-5/h8-13,16,24H,6-7,14-15H2,1-5H3,(H,27,30)(H,28,34). The number of ether oxygens (including phenoxy) is 3. The van der Waals surface area contributed by atoms with Crippen LogP contribution in [-0.4, -0.2) is 49.9 Å². The quantitative estimate of drug-likeness (QED) is 0.378. The molecule has 2 aromatic carbocycles. The number of amides is 1. The molecule has 34 heavy (non-hydrogen) atoms. The molecule has 1 aliphatic heterocycles. The molecule has 1 amide bonds. The third-order valence-electron chi connectivity index (χ3n) is 5.78. The second-order valence-electron chi connectivity index (χ2n) is 8.01. The fraction of sp³-hybridized carbons (Fsp3) is 0.385. The van der Waals surface area contributed by atoms with E-state index in [9.17, 15) is 4.79 Å². The largest absolute Gasteiger partial charge is 0.497 e. The van der Waals surface area contributed by atoms with Gasteiger partial charge in [-0.15, -0.1) is 0 Å². The van der Waals surface area contributed by atoms with E-state index in [0.717, 1.165) is 23.2 Å². The van der Waals surface area contributed by atoms with Crippen LogP contribution in [0.1, 0.15) is 37.4 Å². The van der Waals surface area contributed by atoms with Crippen molar-refractivity contribution in [3.8, 4) is 11.5 Å². The zero-order valence-corrected chi connectivity index (χ0v) is 21.3. The number of hydrogen-bond acceptors (Lipinski definition) is 5. The summed E-state index contributed by atoms with van der Waals surface area (Å²) < 4.78 is 16.2. The van der Waals surface area contributed by atoms with Crippen molar-refractivity contribution in [3.05, 3.63) is 64.9 Å². The number of aryl methyl sites for hydroxylation is 1. The average molecular weight is 484 g/mol. The van der Waals surface area contributed by atoms with Crippen LogP contribution in [0.5, 0.6) is 11.5 Å². The molecular formula is C26H33N3O4S. The van der Waals surface area contributed by atoms with Crippen molar-refractivity contribution >= 4 is 28.9 Å². The van der Waals surface area contributed by atoms with E-state index in [1.165, 1.54) is 0 Å². The lowest BCUT2D eigenvalue weighted by atomic mass is 9.93. The van der Waals surface area contributed by atoms with Gasteiger partial charge in [-0.1, -0.05) is 29.8 Å². The molecule has 1 aliphatic rings. The minimum atomic E-state index is -0.375. The maximum atomic E-state index is 13.7. The Bertz CT molecular complexity index is 1050. The highest BCUT2D eigenvalue weighted by Crippen LogP contribution is 2.34. The number of nitrogens with zero attached hydrogens (tertiary/aromatic N) is 1. The fourth-order valence-corrected chi connectivity index (χ4v) is 4.26. The SMILES string of the molecule is CCOCCCN1C(=S)NC(c2ccc(C)cc2)C(C(=O)Nc2ccc(OC)cc2OC)=C1C. The predicted octanol–water partition coefficient (Wildman–Crippen LogP) is 4.58. The van der Waals surface area contributed by atoms with Crippen molar-refractivity contribution in [1.82, 2.24) is 10.2 Å². The van der Waals surface area contributed by atoms with Gasteiger partial charge in [0.1, 0.15) is 11.5 Å². The van der Waals surface area contributed by atoms with E-state index in [4.69, 9.17) is 26.4 Å². The monoisotopic (exact) mass is 483 g/mol. The number of benzene rings is 2. The van der Waals surface area contributed by atoms with E-state index in [-0.39, 0.29) is 11.9 Å². The van der Waals surface area contributed by atoms with Gasteiger partial charge in [0, 0.05) is 31.5 Å². The molecule has 0 spiro atoms. The third-order valence-corrected chi connectivity index (χ3v) is 6.12. The molecule has 0 radical (unpaired) electrons. The molecule has 2 N–H and O–H groups in total. The van der Waals surface area contributed by atoms with E-state index >= 15 is 0 Å². The Morgan fingerprint density at radius 3 is 2.50 bits per heavy atom. The Hall–Kier alpha value is -3.10. The molecule has 182 valence electrons. The van der Waals surface area contributed by atoms with Gasteiger partial charge < -0.3 is 29.7 Å². The molecule has 1 atom stereocenters. The van der Waals surface area contributed by atoms with Crippen LogP contribution < -0.4 is 20.1 Å². The lowest BCUT2D eigenvalue weighted by molar-refractivity contribution is -0.113. The lowest BCUT2D eigenvalue weighted by Gasteiger charge is -2.38. The summed E-state index contributed by atoms with van der Waals surface area (Å²) in [5.74, 6) is 0.940. The molecule has 0 bridgehead atoms. The Balaban J connectivity index is 1.97. The molecule has 0 fully saturated rings. The second kappa shape index (κ2) is 11.9. The number of nitrogens with one attached hydrogen (secondary N) is 2. The number of thiocarbonyl (C=S) groups is 1. The summed E-state index contributed by atoms with van der Waals surface area (Å²) in [5, 5.41) is 7.00. The number of carbonyl (C=O) groups excluding carboxylic acids is 1. The smallest absolute Gasteiger partial charge is 0.255 e. The highest BCUT2D eigenvalue weighted by molar-refractivity contribution is 7.80. The van der Waals surface area contributed by atoms with Crippen LogP contribution in [0.3, 0.4) is 0 Å². The van der Waals surface area contributed by atoms with E-state index < -0.39 is 0 Å². The number of carbonyl (C=O) groups is 1. The van der Waals surface area contributed by atoms with Gasteiger partial charge in [-0.2, -0.15) is 0 Å². The Morgan fingerprint density at radius 1 is 1.12 bits per heavy atom. The van der Waals surface area contributed by atoms with Crippen LogP contribution >= 0.6 is 12.2 Å². The predicted molar refractivity (Wildman–Crippen MR) is 138 cm³/mol. The number of allylic oxidation sites excluding steroid dienone is 1. The highest BCUT2D eigenvalue weighted by atomic mass is 32.1. The average Bonchev–Trinajstić information content (AvgIpc) is 2.83. The van der Waals surface area contributed by atoms with Crippen LogP contribution in [0.25, 0.3) is 0 Å². The third kappa shape index (κ3) is 5.87. The van der Waals surface area contributed by atoms with Crippen molar-refractivity contribution < 1.29 is 19.0 Å². The molecule has 3 rings (SSSR count). The minimum Gasteiger partial charge on any atom is -0.497 e. The van der Waals surface area contributed by atoms with Gasteiger partial charge in [-0.25, -0.2) is 0 Å². The number of rotatable bonds is 10. The van der Waals surface area contributed by atoms with Gasteiger partial charge in [0.15, 0.2) is 5.11 Å². The van der Waals surface area contributed by atoms with E-state index in [2.05, 4.69) is 10.6 Å². The Kier molecular flexibility index (Phi) is 8.90. The zero-order valence-electron chi connectivity index (χ0n) is 20.4. The zero-order chi connectivity index (χ0) is 24.7. The Labute approximate surface area is 207 Å².